The van der Waals surface area contributed by atoms with Crippen molar-refractivity contribution >= 4 is 23.7 Å². The minimum absolute atomic E-state index is 0.0152. The van der Waals surface area contributed by atoms with Crippen LogP contribution in [0.3, 0.4) is 0 Å². The van der Waals surface area contributed by atoms with Crippen molar-refractivity contribution < 1.29 is 19.4 Å². The van der Waals surface area contributed by atoms with E-state index >= 15 is 0 Å². The molecule has 9 heteroatoms. The van der Waals surface area contributed by atoms with E-state index < -0.39 is 6.09 Å². The molecule has 5 unspecified atom stereocenters. The van der Waals surface area contributed by atoms with E-state index in [0.717, 1.165) is 55.7 Å². The van der Waals surface area contributed by atoms with Crippen molar-refractivity contribution in [1.29, 1.82) is 0 Å². The van der Waals surface area contributed by atoms with Crippen LogP contribution in [0, 0.1) is 29.1 Å². The number of benzene rings is 1. The Morgan fingerprint density at radius 2 is 2.03 bits per heavy atom. The predicted molar refractivity (Wildman–Crippen MR) is 147 cm³/mol. The molecule has 1 aliphatic heterocycles. The highest BCUT2D eigenvalue weighted by Gasteiger charge is 2.57. The Kier molecular flexibility index (Phi) is 8.70. The highest BCUT2D eigenvalue weighted by molar-refractivity contribution is 6.30. The van der Waals surface area contributed by atoms with Crippen LogP contribution in [0.25, 0.3) is 0 Å². The maximum absolute atomic E-state index is 13.6. The van der Waals surface area contributed by atoms with Gasteiger partial charge in [-0.25, -0.2) is 9.59 Å². The summed E-state index contributed by atoms with van der Waals surface area (Å²) >= 11 is 6.29. The summed E-state index contributed by atoms with van der Waals surface area (Å²) < 4.78 is 6.22. The molecule has 38 heavy (non-hydrogen) atoms. The topological polar surface area (TPSA) is 103 Å². The molecule has 5 atom stereocenters. The molecule has 0 spiro atoms. The number of hydrogen-bond acceptors (Lipinski definition) is 4. The predicted octanol–water partition coefficient (Wildman–Crippen LogP) is 4.89. The van der Waals surface area contributed by atoms with Gasteiger partial charge in [0.15, 0.2) is 0 Å². The van der Waals surface area contributed by atoms with E-state index in [-0.39, 0.29) is 37.2 Å². The zero-order chi connectivity index (χ0) is 26.7. The highest BCUT2D eigenvalue weighted by Crippen LogP contribution is 2.67. The van der Waals surface area contributed by atoms with E-state index in [1.54, 1.807) is 0 Å². The number of urea groups is 1. The molecule has 5 fully saturated rings. The lowest BCUT2D eigenvalue weighted by atomic mass is 9.72. The largest absolute Gasteiger partial charge is 0.465 e. The first-order chi connectivity index (χ1) is 18.3. The number of rotatable bonds is 11. The maximum atomic E-state index is 13.6. The van der Waals surface area contributed by atoms with Crippen LogP contribution in [0.15, 0.2) is 24.3 Å². The number of carboxylic acid groups (broad SMARTS) is 1. The summed E-state index contributed by atoms with van der Waals surface area (Å²) in [6.45, 7) is 2.58. The summed E-state index contributed by atoms with van der Waals surface area (Å²) in [5, 5.41) is 18.6. The summed E-state index contributed by atoms with van der Waals surface area (Å²) in [5.74, 6) is 2.78. The quantitative estimate of drug-likeness (QED) is 0.296. The van der Waals surface area contributed by atoms with Crippen molar-refractivity contribution in [3.8, 4) is 0 Å². The third kappa shape index (κ3) is 6.23. The Balaban J connectivity index is 1.22. The lowest BCUT2D eigenvalue weighted by Gasteiger charge is -2.39. The van der Waals surface area contributed by atoms with Crippen molar-refractivity contribution in [3.05, 3.63) is 34.9 Å². The van der Waals surface area contributed by atoms with E-state index in [1.807, 2.05) is 36.2 Å². The molecule has 3 amide bonds. The molecular weight excluding hydrogens is 504 g/mol. The van der Waals surface area contributed by atoms with E-state index in [4.69, 9.17) is 21.4 Å². The van der Waals surface area contributed by atoms with Gasteiger partial charge in [0, 0.05) is 43.2 Å². The van der Waals surface area contributed by atoms with Gasteiger partial charge in [-0.15, -0.1) is 0 Å². The summed E-state index contributed by atoms with van der Waals surface area (Å²) in [4.78, 5) is 26.4. The molecule has 5 aliphatic rings. The van der Waals surface area contributed by atoms with E-state index in [0.29, 0.717) is 17.0 Å². The highest BCUT2D eigenvalue weighted by atomic mass is 35.5. The Hall–Kier alpha value is -2.03. The number of nitrogens with zero attached hydrogens (tertiary/aromatic N) is 1. The van der Waals surface area contributed by atoms with Crippen LogP contribution in [0.4, 0.5) is 9.59 Å². The molecule has 4 N–H and O–H groups in total. The molecule has 8 nitrogen and oxygen atoms in total. The second kappa shape index (κ2) is 12.0. The monoisotopic (exact) mass is 546 g/mol. The van der Waals surface area contributed by atoms with Crippen molar-refractivity contribution in [2.24, 2.45) is 29.1 Å². The van der Waals surface area contributed by atoms with Gasteiger partial charge in [-0.1, -0.05) is 23.7 Å². The Morgan fingerprint density at radius 3 is 2.74 bits per heavy atom. The van der Waals surface area contributed by atoms with E-state index in [2.05, 4.69) is 16.0 Å². The van der Waals surface area contributed by atoms with Crippen molar-refractivity contribution in [1.82, 2.24) is 20.9 Å². The molecule has 1 aromatic rings. The number of piperidine rings is 1. The third-order valence-corrected chi connectivity index (χ3v) is 9.85. The Morgan fingerprint density at radius 1 is 1.24 bits per heavy atom. The van der Waals surface area contributed by atoms with Gasteiger partial charge in [0.1, 0.15) is 0 Å². The number of likely N-dealkylation sites (N-methyl/N-ethyl adjacent to an activating group) is 1. The minimum Gasteiger partial charge on any atom is -0.465 e. The summed E-state index contributed by atoms with van der Waals surface area (Å²) in [6, 6.07) is 7.78. The van der Waals surface area contributed by atoms with Crippen LogP contribution in [0.1, 0.15) is 63.0 Å². The molecule has 4 aliphatic carbocycles. The van der Waals surface area contributed by atoms with E-state index in [1.165, 1.54) is 32.1 Å². The molecular formula is C29H43ClN4O4. The third-order valence-electron chi connectivity index (χ3n) is 9.62. The summed E-state index contributed by atoms with van der Waals surface area (Å²) in [5.41, 5.74) is 1.39. The molecule has 4 bridgehead atoms. The normalized spacial score (nSPS) is 31.3. The van der Waals surface area contributed by atoms with Crippen LogP contribution >= 0.6 is 11.6 Å². The number of likely N-dealkylation sites (tertiary alicyclic amines) is 1. The molecule has 210 valence electrons. The van der Waals surface area contributed by atoms with Gasteiger partial charge in [-0.05, 0) is 99.3 Å². The molecule has 1 saturated heterocycles. The van der Waals surface area contributed by atoms with Gasteiger partial charge in [0.05, 0.1) is 12.7 Å². The average molecular weight is 547 g/mol. The first kappa shape index (κ1) is 27.5. The number of halogens is 1. The molecule has 0 aromatic heterocycles. The van der Waals surface area contributed by atoms with Crippen molar-refractivity contribution in [3.63, 3.8) is 0 Å². The fraction of sp³-hybridized carbons (Fsp3) is 0.724. The van der Waals surface area contributed by atoms with Gasteiger partial charge >= 0.3 is 12.1 Å². The van der Waals surface area contributed by atoms with Crippen LogP contribution in [-0.4, -0.2) is 68.0 Å². The second-order valence-corrected chi connectivity index (χ2v) is 12.7. The lowest BCUT2D eigenvalue weighted by molar-refractivity contribution is -0.00857. The summed E-state index contributed by atoms with van der Waals surface area (Å²) in [7, 11) is 1.97. The molecule has 0 radical (unpaired) electrons. The Labute approximate surface area is 231 Å². The first-order valence-corrected chi connectivity index (χ1v) is 14.8. The van der Waals surface area contributed by atoms with Crippen molar-refractivity contribution in [2.75, 3.05) is 39.8 Å². The fourth-order valence-electron chi connectivity index (χ4n) is 8.45. The van der Waals surface area contributed by atoms with Gasteiger partial charge in [-0.2, -0.15) is 0 Å². The van der Waals surface area contributed by atoms with Crippen LogP contribution in [0.2, 0.25) is 5.02 Å². The number of carbonyl (C=O) groups excluding carboxylic acids is 1. The number of carbonyl (C=O) groups is 2. The standard InChI is InChI=1S/C29H43ClN4O4/c1-31-17-25(16-29-14-19-10-20(15-29)12-23(29)11-19)33-27(35)34-8-3-5-22(18-34)26(38-9-7-32-28(36)37)21-4-2-6-24(30)13-21/h2,4,6,13,19-20,22-23,25-26,31-32H,3,5,7-12,14-18H2,1H3,(H,33,35)(H,36,37). The summed E-state index contributed by atoms with van der Waals surface area (Å²) in [6.07, 6.45) is 8.52. The minimum atomic E-state index is -1.07. The van der Waals surface area contributed by atoms with Crippen LogP contribution in [0.5, 0.6) is 0 Å². The SMILES string of the molecule is CNCC(CC12CC3CC(CC1C3)C2)NC(=O)N1CCCC(C(OCCNC(=O)O)c2cccc(Cl)c2)C1. The van der Waals surface area contributed by atoms with Gasteiger partial charge < -0.3 is 30.7 Å². The van der Waals surface area contributed by atoms with Crippen LogP contribution < -0.4 is 16.0 Å². The van der Waals surface area contributed by atoms with Crippen molar-refractivity contribution in [2.45, 2.75) is 63.5 Å². The first-order valence-electron chi connectivity index (χ1n) is 14.4. The van der Waals surface area contributed by atoms with E-state index in [9.17, 15) is 9.59 Å². The molecule has 4 saturated carbocycles. The lowest BCUT2D eigenvalue weighted by Crippen LogP contribution is -2.52. The average Bonchev–Trinajstić information content (AvgIpc) is 3.26. The van der Waals surface area contributed by atoms with Gasteiger partial charge in [0.25, 0.3) is 0 Å². The second-order valence-electron chi connectivity index (χ2n) is 12.2. The molecule has 6 rings (SSSR count). The molecule has 1 heterocycles. The Bertz CT molecular complexity index is 979. The fourth-order valence-corrected chi connectivity index (χ4v) is 8.65. The van der Waals surface area contributed by atoms with Gasteiger partial charge in [-0.3, -0.25) is 0 Å². The zero-order valence-electron chi connectivity index (χ0n) is 22.5. The number of ether oxygens (including phenoxy) is 1. The van der Waals surface area contributed by atoms with Gasteiger partial charge in [0.2, 0.25) is 0 Å². The maximum Gasteiger partial charge on any atom is 0.404 e. The van der Waals surface area contributed by atoms with Crippen LogP contribution in [-0.2, 0) is 4.74 Å². The number of hydrogen-bond donors (Lipinski definition) is 4. The number of nitrogens with one attached hydrogen (secondary N) is 3. The molecule has 1 aromatic carbocycles. The number of amides is 3. The zero-order valence-corrected chi connectivity index (χ0v) is 23.2. The smallest absolute Gasteiger partial charge is 0.404 e.